The molecule has 88 valence electrons. The van der Waals surface area contributed by atoms with Crippen molar-refractivity contribution in [3.63, 3.8) is 0 Å². The molecule has 3 unspecified atom stereocenters. The van der Waals surface area contributed by atoms with Crippen molar-refractivity contribution in [1.82, 2.24) is 15.5 Å². The van der Waals surface area contributed by atoms with E-state index in [0.29, 0.717) is 6.04 Å². The summed E-state index contributed by atoms with van der Waals surface area (Å²) in [7, 11) is 0. The van der Waals surface area contributed by atoms with Gasteiger partial charge in [-0.3, -0.25) is 0 Å². The molecule has 3 atom stereocenters. The van der Waals surface area contributed by atoms with Crippen LogP contribution in [-0.4, -0.2) is 16.7 Å². The van der Waals surface area contributed by atoms with Crippen LogP contribution < -0.4 is 5.32 Å². The lowest BCUT2D eigenvalue weighted by Gasteiger charge is -2.06. The third-order valence-electron chi connectivity index (χ3n) is 4.03. The van der Waals surface area contributed by atoms with Gasteiger partial charge >= 0.3 is 0 Å². The summed E-state index contributed by atoms with van der Waals surface area (Å²) >= 11 is 1.82. The number of nitrogens with zero attached hydrogens (tertiary/aromatic N) is 2. The maximum Gasteiger partial charge on any atom is 0.134 e. The molecular weight excluding hydrogens is 218 g/mol. The maximum atomic E-state index is 4.39. The summed E-state index contributed by atoms with van der Waals surface area (Å²) in [5, 5.41) is 14.6. The number of rotatable bonds is 4. The number of hydrogen-bond acceptors (Lipinski definition) is 4. The number of nitrogens with one attached hydrogen (secondary N) is 1. The van der Waals surface area contributed by atoms with Crippen LogP contribution in [0.3, 0.4) is 0 Å². The average Bonchev–Trinajstić information content (AvgIpc) is 2.76. The SMILES string of the molecule is CCNC(C)c1nnc(C2C3CCCC32)s1. The first-order chi connectivity index (χ1) is 7.81. The van der Waals surface area contributed by atoms with E-state index in [1.165, 1.54) is 24.3 Å². The summed E-state index contributed by atoms with van der Waals surface area (Å²) in [4.78, 5) is 0. The Morgan fingerprint density at radius 3 is 2.81 bits per heavy atom. The minimum Gasteiger partial charge on any atom is -0.308 e. The van der Waals surface area contributed by atoms with E-state index >= 15 is 0 Å². The van der Waals surface area contributed by atoms with Crippen molar-refractivity contribution >= 4 is 11.3 Å². The summed E-state index contributed by atoms with van der Waals surface area (Å²) in [6.07, 6.45) is 4.28. The van der Waals surface area contributed by atoms with Gasteiger partial charge in [-0.1, -0.05) is 24.7 Å². The zero-order chi connectivity index (χ0) is 11.1. The van der Waals surface area contributed by atoms with Gasteiger partial charge in [-0.05, 0) is 38.1 Å². The Morgan fingerprint density at radius 1 is 1.38 bits per heavy atom. The highest BCUT2D eigenvalue weighted by molar-refractivity contribution is 7.11. The van der Waals surface area contributed by atoms with E-state index in [1.54, 1.807) is 0 Å². The fourth-order valence-corrected chi connectivity index (χ4v) is 4.26. The molecule has 4 heteroatoms. The third kappa shape index (κ3) is 1.68. The van der Waals surface area contributed by atoms with E-state index in [4.69, 9.17) is 0 Å². The Hall–Kier alpha value is -0.480. The monoisotopic (exact) mass is 237 g/mol. The molecule has 2 fully saturated rings. The number of fused-ring (bicyclic) bond motifs is 1. The van der Waals surface area contributed by atoms with Crippen LogP contribution in [0.1, 0.15) is 55.1 Å². The van der Waals surface area contributed by atoms with Crippen LogP contribution in [0.15, 0.2) is 0 Å². The first-order valence-electron chi connectivity index (χ1n) is 6.38. The average molecular weight is 237 g/mol. The number of aromatic nitrogens is 2. The zero-order valence-electron chi connectivity index (χ0n) is 9.94. The minimum absolute atomic E-state index is 0.356. The van der Waals surface area contributed by atoms with Gasteiger partial charge in [0.1, 0.15) is 10.0 Å². The lowest BCUT2D eigenvalue weighted by Crippen LogP contribution is -2.17. The summed E-state index contributed by atoms with van der Waals surface area (Å²) < 4.78 is 0. The molecule has 0 radical (unpaired) electrons. The predicted molar refractivity (Wildman–Crippen MR) is 65.6 cm³/mol. The molecule has 0 aromatic carbocycles. The highest BCUT2D eigenvalue weighted by Crippen LogP contribution is 2.63. The second-order valence-corrected chi connectivity index (χ2v) is 6.08. The van der Waals surface area contributed by atoms with E-state index in [2.05, 4.69) is 29.4 Å². The van der Waals surface area contributed by atoms with Crippen LogP contribution in [0.4, 0.5) is 0 Å². The minimum atomic E-state index is 0.356. The molecule has 1 N–H and O–H groups in total. The summed E-state index contributed by atoms with van der Waals surface area (Å²) in [6, 6.07) is 0.356. The maximum absolute atomic E-state index is 4.39. The summed E-state index contributed by atoms with van der Waals surface area (Å²) in [5.41, 5.74) is 0. The zero-order valence-corrected chi connectivity index (χ0v) is 10.8. The van der Waals surface area contributed by atoms with E-state index in [0.717, 1.165) is 29.3 Å². The molecule has 0 saturated heterocycles. The van der Waals surface area contributed by atoms with Gasteiger partial charge in [-0.2, -0.15) is 0 Å². The molecule has 16 heavy (non-hydrogen) atoms. The molecule has 1 aromatic rings. The molecule has 2 aliphatic rings. The van der Waals surface area contributed by atoms with Crippen LogP contribution in [0.25, 0.3) is 0 Å². The molecule has 0 amide bonds. The quantitative estimate of drug-likeness (QED) is 0.875. The Labute approximate surface area is 101 Å². The number of hydrogen-bond donors (Lipinski definition) is 1. The molecule has 0 spiro atoms. The van der Waals surface area contributed by atoms with E-state index in [9.17, 15) is 0 Å². The van der Waals surface area contributed by atoms with E-state index < -0.39 is 0 Å². The molecule has 3 rings (SSSR count). The van der Waals surface area contributed by atoms with Crippen LogP contribution in [-0.2, 0) is 0 Å². The van der Waals surface area contributed by atoms with Gasteiger partial charge in [0.25, 0.3) is 0 Å². The van der Waals surface area contributed by atoms with Crippen molar-refractivity contribution in [1.29, 1.82) is 0 Å². The molecular formula is C12H19N3S. The van der Waals surface area contributed by atoms with Crippen molar-refractivity contribution in [2.45, 2.75) is 45.1 Å². The Bertz CT molecular complexity index is 366. The first kappa shape index (κ1) is 10.7. The highest BCUT2D eigenvalue weighted by atomic mass is 32.1. The standard InChI is InChI=1S/C12H19N3S/c1-3-13-7(2)11-14-15-12(16-11)10-8-5-4-6-9(8)10/h7-10,13H,3-6H2,1-2H3. The van der Waals surface area contributed by atoms with Gasteiger partial charge in [0.05, 0.1) is 6.04 Å². The summed E-state index contributed by atoms with van der Waals surface area (Å²) in [6.45, 7) is 5.29. The molecule has 0 aliphatic heterocycles. The first-order valence-corrected chi connectivity index (χ1v) is 7.19. The van der Waals surface area contributed by atoms with Gasteiger partial charge in [-0.15, -0.1) is 10.2 Å². The van der Waals surface area contributed by atoms with Crippen molar-refractivity contribution in [3.05, 3.63) is 10.0 Å². The molecule has 0 bridgehead atoms. The van der Waals surface area contributed by atoms with Crippen molar-refractivity contribution < 1.29 is 0 Å². The fraction of sp³-hybridized carbons (Fsp3) is 0.833. The smallest absolute Gasteiger partial charge is 0.134 e. The van der Waals surface area contributed by atoms with Gasteiger partial charge in [0.15, 0.2) is 0 Å². The van der Waals surface area contributed by atoms with Crippen molar-refractivity contribution in [2.75, 3.05) is 6.54 Å². The predicted octanol–water partition coefficient (Wildman–Crippen LogP) is 2.72. The molecule has 2 aliphatic carbocycles. The fourth-order valence-electron chi connectivity index (χ4n) is 3.14. The molecule has 1 heterocycles. The largest absolute Gasteiger partial charge is 0.308 e. The summed E-state index contributed by atoms with van der Waals surface area (Å²) in [5.74, 6) is 2.68. The normalized spacial score (nSPS) is 33.8. The second-order valence-electron chi connectivity index (χ2n) is 5.04. The Balaban J connectivity index is 1.69. The molecule has 1 aromatic heterocycles. The molecule has 3 nitrogen and oxygen atoms in total. The van der Waals surface area contributed by atoms with Crippen LogP contribution in [0.5, 0.6) is 0 Å². The van der Waals surface area contributed by atoms with E-state index in [-0.39, 0.29) is 0 Å². The lowest BCUT2D eigenvalue weighted by atomic mass is 10.1. The van der Waals surface area contributed by atoms with Gasteiger partial charge in [0.2, 0.25) is 0 Å². The Kier molecular flexibility index (Phi) is 2.72. The lowest BCUT2D eigenvalue weighted by molar-refractivity contribution is 0.589. The molecule has 2 saturated carbocycles. The topological polar surface area (TPSA) is 37.8 Å². The van der Waals surface area contributed by atoms with Crippen LogP contribution >= 0.6 is 11.3 Å². The Morgan fingerprint density at radius 2 is 2.12 bits per heavy atom. The highest BCUT2D eigenvalue weighted by Gasteiger charge is 2.54. The van der Waals surface area contributed by atoms with Crippen LogP contribution in [0, 0.1) is 11.8 Å². The second kappa shape index (κ2) is 4.08. The van der Waals surface area contributed by atoms with Gasteiger partial charge in [0, 0.05) is 5.92 Å². The van der Waals surface area contributed by atoms with Gasteiger partial charge < -0.3 is 5.32 Å². The van der Waals surface area contributed by atoms with Crippen molar-refractivity contribution in [3.8, 4) is 0 Å². The van der Waals surface area contributed by atoms with E-state index in [1.807, 2.05) is 11.3 Å². The van der Waals surface area contributed by atoms with Crippen LogP contribution in [0.2, 0.25) is 0 Å². The van der Waals surface area contributed by atoms with Crippen molar-refractivity contribution in [2.24, 2.45) is 11.8 Å². The van der Waals surface area contributed by atoms with Gasteiger partial charge in [-0.25, -0.2) is 0 Å². The third-order valence-corrected chi connectivity index (χ3v) is 5.24.